The number of unbranched alkanes of at least 4 members (excludes halogenated alkanes) is 2. The maximum absolute atomic E-state index is 15.2. The number of amides is 4. The van der Waals surface area contributed by atoms with Crippen LogP contribution in [0.25, 0.3) is 10.4 Å². The van der Waals surface area contributed by atoms with Gasteiger partial charge in [-0.15, -0.1) is 11.3 Å². The molecular formula is C41H57FN6O6S. The summed E-state index contributed by atoms with van der Waals surface area (Å²) in [6, 6.07) is 8.67. The molecule has 5 atom stereocenters. The van der Waals surface area contributed by atoms with E-state index < -0.39 is 47.3 Å². The Balaban J connectivity index is 1.29. The molecule has 300 valence electrons. The number of carbonyl (C=O) groups excluding carboxylic acids is 4. The summed E-state index contributed by atoms with van der Waals surface area (Å²) >= 11 is 1.57. The number of hydrogen-bond acceptors (Lipinski definition) is 9. The maximum Gasteiger partial charge on any atom is 0.246 e. The first-order chi connectivity index (χ1) is 25.9. The molecule has 1 fully saturated rings. The van der Waals surface area contributed by atoms with Crippen LogP contribution in [0.15, 0.2) is 41.9 Å². The number of carbonyl (C=O) groups is 4. The Morgan fingerprint density at radius 1 is 1.07 bits per heavy atom. The van der Waals surface area contributed by atoms with Crippen LogP contribution < -0.4 is 26.8 Å². The van der Waals surface area contributed by atoms with Crippen LogP contribution in [0, 0.1) is 25.1 Å². The highest BCUT2D eigenvalue weighted by atomic mass is 32.1. The van der Waals surface area contributed by atoms with Crippen LogP contribution in [0.1, 0.15) is 101 Å². The highest BCUT2D eigenvalue weighted by molar-refractivity contribution is 7.13. The minimum absolute atomic E-state index is 0.0129. The molecule has 14 heteroatoms. The number of nitrogens with one attached hydrogen (secondary N) is 2. The first-order valence-electron chi connectivity index (χ1n) is 19.0. The number of thiazole rings is 1. The summed E-state index contributed by atoms with van der Waals surface area (Å²) < 4.78 is 20.9. The van der Waals surface area contributed by atoms with Gasteiger partial charge in [0.1, 0.15) is 18.7 Å². The average Bonchev–Trinajstić information content (AvgIpc) is 3.74. The molecule has 0 unspecified atom stereocenters. The zero-order chi connectivity index (χ0) is 40.4. The largest absolute Gasteiger partial charge is 0.489 e. The fourth-order valence-electron chi connectivity index (χ4n) is 6.73. The number of aliphatic hydroxyl groups is 1. The topological polar surface area (TPSA) is 190 Å². The van der Waals surface area contributed by atoms with E-state index >= 15 is 4.39 Å². The molecule has 3 aromatic rings. The van der Waals surface area contributed by atoms with Crippen LogP contribution in [0.2, 0.25) is 0 Å². The molecule has 2 heterocycles. The molecule has 1 aliphatic heterocycles. The number of benzene rings is 2. The Morgan fingerprint density at radius 2 is 1.78 bits per heavy atom. The summed E-state index contributed by atoms with van der Waals surface area (Å²) in [5.74, 6) is -1.90. The number of aliphatic hydroxyl groups excluding tert-OH is 1. The fraction of sp³-hybridized carbons (Fsp3) is 0.537. The van der Waals surface area contributed by atoms with E-state index in [2.05, 4.69) is 15.6 Å². The second kappa shape index (κ2) is 19.5. The zero-order valence-electron chi connectivity index (χ0n) is 32.8. The molecule has 0 spiro atoms. The molecule has 4 amide bonds. The Morgan fingerprint density at radius 3 is 2.42 bits per heavy atom. The van der Waals surface area contributed by atoms with Crippen molar-refractivity contribution in [3.8, 4) is 16.2 Å². The molecule has 1 aromatic heterocycles. The number of nitrogens with two attached hydrogens (primary N) is 2. The van der Waals surface area contributed by atoms with Gasteiger partial charge in [-0.3, -0.25) is 19.2 Å². The molecule has 7 N–H and O–H groups in total. The number of nitrogens with zero attached hydrogens (tertiary/aromatic N) is 2. The number of aryl methyl sites for hydroxylation is 3. The van der Waals surface area contributed by atoms with Crippen molar-refractivity contribution < 1.29 is 33.4 Å². The van der Waals surface area contributed by atoms with Crippen molar-refractivity contribution in [3.05, 3.63) is 70.1 Å². The zero-order valence-corrected chi connectivity index (χ0v) is 33.6. The number of rotatable bonds is 18. The lowest BCUT2D eigenvalue weighted by Crippen LogP contribution is -2.57. The minimum Gasteiger partial charge on any atom is -0.489 e. The van der Waals surface area contributed by atoms with E-state index in [1.807, 2.05) is 71.3 Å². The molecule has 4 rings (SSSR count). The Hall–Kier alpha value is -4.40. The van der Waals surface area contributed by atoms with Crippen molar-refractivity contribution in [3.63, 3.8) is 0 Å². The number of aromatic nitrogens is 1. The van der Waals surface area contributed by atoms with E-state index in [0.717, 1.165) is 27.3 Å². The van der Waals surface area contributed by atoms with Gasteiger partial charge in [0.15, 0.2) is 11.6 Å². The minimum atomic E-state index is -0.926. The average molecular weight is 781 g/mol. The van der Waals surface area contributed by atoms with Crippen LogP contribution in [-0.2, 0) is 25.6 Å². The van der Waals surface area contributed by atoms with Crippen LogP contribution in [0.3, 0.4) is 0 Å². The van der Waals surface area contributed by atoms with Gasteiger partial charge < -0.3 is 36.8 Å². The number of halogens is 1. The predicted octanol–water partition coefficient (Wildman–Crippen LogP) is 5.01. The van der Waals surface area contributed by atoms with E-state index in [0.29, 0.717) is 37.7 Å². The summed E-state index contributed by atoms with van der Waals surface area (Å²) in [4.78, 5) is 58.6. The lowest BCUT2D eigenvalue weighted by atomic mass is 9.85. The van der Waals surface area contributed by atoms with Gasteiger partial charge in [-0.1, -0.05) is 57.5 Å². The first-order valence-corrected chi connectivity index (χ1v) is 19.9. The van der Waals surface area contributed by atoms with Crippen LogP contribution in [0.4, 0.5) is 4.39 Å². The van der Waals surface area contributed by atoms with Crippen molar-refractivity contribution in [1.82, 2.24) is 20.5 Å². The number of primary amides is 1. The van der Waals surface area contributed by atoms with Crippen molar-refractivity contribution >= 4 is 35.0 Å². The van der Waals surface area contributed by atoms with E-state index in [1.54, 1.807) is 23.5 Å². The van der Waals surface area contributed by atoms with Gasteiger partial charge in [0.05, 0.1) is 28.2 Å². The first kappa shape index (κ1) is 43.3. The predicted molar refractivity (Wildman–Crippen MR) is 212 cm³/mol. The van der Waals surface area contributed by atoms with Crippen molar-refractivity contribution in [1.29, 1.82) is 0 Å². The molecule has 55 heavy (non-hydrogen) atoms. The van der Waals surface area contributed by atoms with E-state index in [4.69, 9.17) is 16.2 Å². The van der Waals surface area contributed by atoms with Gasteiger partial charge >= 0.3 is 0 Å². The Bertz CT molecular complexity index is 1790. The molecule has 0 bridgehead atoms. The van der Waals surface area contributed by atoms with Crippen molar-refractivity contribution in [2.75, 3.05) is 13.2 Å². The summed E-state index contributed by atoms with van der Waals surface area (Å²) in [5, 5.41) is 16.5. The van der Waals surface area contributed by atoms with Gasteiger partial charge in [0.25, 0.3) is 0 Å². The Labute approximate surface area is 327 Å². The van der Waals surface area contributed by atoms with Crippen LogP contribution in [0.5, 0.6) is 5.75 Å². The van der Waals surface area contributed by atoms with E-state index in [1.165, 1.54) is 4.90 Å². The van der Waals surface area contributed by atoms with Crippen LogP contribution >= 0.6 is 11.3 Å². The number of likely N-dealkylation sites (tertiary alicyclic amines) is 1. The summed E-state index contributed by atoms with van der Waals surface area (Å²) in [6.07, 6.45) is 2.11. The smallest absolute Gasteiger partial charge is 0.246 e. The SMILES string of the molecule is Cc1cc(CCCCCC(=O)N[C@H](C(=O)N2C[C@H](O)C[C@H]2C(=O)N[C@@H](C)c2ccc(-c3scnc3C)cc2)C(C)(C)C)c(F)c(OC[C@@H](N)CCC(N)=O)c1. The quantitative estimate of drug-likeness (QED) is 0.111. The summed E-state index contributed by atoms with van der Waals surface area (Å²) in [7, 11) is 0. The van der Waals surface area contributed by atoms with Crippen molar-refractivity contribution in [2.24, 2.45) is 16.9 Å². The molecule has 0 aliphatic carbocycles. The summed E-state index contributed by atoms with van der Waals surface area (Å²) in [6.45, 7) is 11.3. The molecule has 1 aliphatic rings. The van der Waals surface area contributed by atoms with Crippen LogP contribution in [-0.4, -0.2) is 76.0 Å². The van der Waals surface area contributed by atoms with Gasteiger partial charge in [-0.2, -0.15) is 0 Å². The normalized spacial score (nSPS) is 17.4. The lowest BCUT2D eigenvalue weighted by Gasteiger charge is -2.35. The molecule has 2 aromatic carbocycles. The van der Waals surface area contributed by atoms with Gasteiger partial charge in [-0.25, -0.2) is 9.37 Å². The molecule has 1 saturated heterocycles. The number of β-amino-alcohol motifs (C(OH)–C–C–N with tert-alkyl or cyclic N) is 1. The number of hydrogen-bond donors (Lipinski definition) is 5. The number of ether oxygens (including phenoxy) is 1. The van der Waals surface area contributed by atoms with Gasteiger partial charge in [0, 0.05) is 31.8 Å². The fourth-order valence-corrected chi connectivity index (χ4v) is 7.54. The standard InChI is InChI=1S/C41H57FN6O6S/c1-24-18-29(36(42)33(19-24)54-22-30(43)16-17-34(44)50)10-8-7-9-11-35(51)47-38(41(4,5)6)40(53)48-21-31(49)20-32(48)39(52)46-25(2)27-12-14-28(15-13-27)37-26(3)45-23-55-37/h12-15,18-19,23,25,30-32,38,49H,7-11,16-17,20-22,43H2,1-6H3,(H2,44,50)(H,46,52)(H,47,51)/t25-,30-,31+,32-,38+/m0/s1. The van der Waals surface area contributed by atoms with E-state index in [-0.39, 0.29) is 56.0 Å². The monoisotopic (exact) mass is 780 g/mol. The molecule has 0 radical (unpaired) electrons. The lowest BCUT2D eigenvalue weighted by molar-refractivity contribution is -0.144. The van der Waals surface area contributed by atoms with E-state index in [9.17, 15) is 24.3 Å². The summed E-state index contributed by atoms with van der Waals surface area (Å²) in [5.41, 5.74) is 16.5. The molecule has 0 saturated carbocycles. The Kier molecular flexibility index (Phi) is 15.3. The maximum atomic E-state index is 15.2. The van der Waals surface area contributed by atoms with Crippen molar-refractivity contribution in [2.45, 2.75) is 123 Å². The van der Waals surface area contributed by atoms with Gasteiger partial charge in [-0.05, 0) is 80.2 Å². The third-order valence-electron chi connectivity index (χ3n) is 9.88. The molecular weight excluding hydrogens is 724 g/mol. The second-order valence-corrected chi connectivity index (χ2v) is 16.6. The highest BCUT2D eigenvalue weighted by Gasteiger charge is 2.44. The van der Waals surface area contributed by atoms with Gasteiger partial charge in [0.2, 0.25) is 23.6 Å². The third kappa shape index (κ3) is 12.3. The second-order valence-electron chi connectivity index (χ2n) is 15.8. The molecule has 12 nitrogen and oxygen atoms in total. The third-order valence-corrected chi connectivity index (χ3v) is 10.9. The highest BCUT2D eigenvalue weighted by Crippen LogP contribution is 2.30.